The third-order valence-corrected chi connectivity index (χ3v) is 4.26. The van der Waals surface area contributed by atoms with Crippen LogP contribution in [-0.4, -0.2) is 49.6 Å². The maximum absolute atomic E-state index is 12.5. The Morgan fingerprint density at radius 3 is 2.65 bits per heavy atom. The Morgan fingerprint density at radius 1 is 1.08 bits per heavy atom. The molecule has 2 aromatic heterocycles. The molecule has 26 heavy (non-hydrogen) atoms. The third kappa shape index (κ3) is 2.95. The molecule has 0 atom stereocenters. The molecular weight excluding hydrogens is 340 g/mol. The Labute approximate surface area is 147 Å². The second-order valence-electron chi connectivity index (χ2n) is 5.91. The molecule has 4 rings (SSSR count). The quantitative estimate of drug-likeness (QED) is 0.755. The zero-order valence-electron chi connectivity index (χ0n) is 13.8. The molecule has 1 saturated heterocycles. The standard InChI is InChI=1S/C18H16N2O6/c21-15(20-5-7-24-8-6-20)10-19-17(23)14-9-12-16(22)11-3-1-2-4-13(11)25-18(12)26-14/h1-4,9H,5-8,10H2,(H,19,23). The number of fused-ring (bicyclic) bond motifs is 2. The number of hydrogen-bond acceptors (Lipinski definition) is 6. The molecule has 8 heteroatoms. The summed E-state index contributed by atoms with van der Waals surface area (Å²) in [5, 5.41) is 3.11. The number of nitrogens with one attached hydrogen (secondary N) is 1. The van der Waals surface area contributed by atoms with Crippen molar-refractivity contribution in [3.63, 3.8) is 0 Å². The summed E-state index contributed by atoms with van der Waals surface area (Å²) in [7, 11) is 0. The number of hydrogen-bond donors (Lipinski definition) is 1. The van der Waals surface area contributed by atoms with E-state index in [1.54, 1.807) is 29.2 Å². The lowest BCUT2D eigenvalue weighted by molar-refractivity contribution is -0.134. The normalized spacial score (nSPS) is 14.7. The molecule has 0 spiro atoms. The molecule has 0 radical (unpaired) electrons. The first-order valence-electron chi connectivity index (χ1n) is 8.22. The van der Waals surface area contributed by atoms with E-state index in [4.69, 9.17) is 13.6 Å². The van der Waals surface area contributed by atoms with E-state index in [2.05, 4.69) is 5.32 Å². The van der Waals surface area contributed by atoms with E-state index in [-0.39, 0.29) is 34.8 Å². The first kappa shape index (κ1) is 16.3. The van der Waals surface area contributed by atoms with Gasteiger partial charge in [0.1, 0.15) is 11.0 Å². The van der Waals surface area contributed by atoms with Crippen molar-refractivity contribution >= 4 is 33.9 Å². The average Bonchev–Trinajstić information content (AvgIpc) is 3.11. The molecule has 0 aliphatic carbocycles. The van der Waals surface area contributed by atoms with E-state index in [1.165, 1.54) is 6.07 Å². The number of nitrogens with zero attached hydrogens (tertiary/aromatic N) is 1. The lowest BCUT2D eigenvalue weighted by Crippen LogP contribution is -2.45. The molecule has 1 aliphatic heterocycles. The fraction of sp³-hybridized carbons (Fsp3) is 0.278. The van der Waals surface area contributed by atoms with E-state index < -0.39 is 5.91 Å². The number of rotatable bonds is 3. The number of ether oxygens (including phenoxy) is 1. The molecule has 2 amide bonds. The van der Waals surface area contributed by atoms with Gasteiger partial charge in [-0.05, 0) is 12.1 Å². The van der Waals surface area contributed by atoms with Gasteiger partial charge in [-0.15, -0.1) is 0 Å². The Morgan fingerprint density at radius 2 is 1.85 bits per heavy atom. The number of carbonyl (C=O) groups excluding carboxylic acids is 2. The largest absolute Gasteiger partial charge is 0.425 e. The van der Waals surface area contributed by atoms with Gasteiger partial charge in [-0.3, -0.25) is 14.4 Å². The van der Waals surface area contributed by atoms with Gasteiger partial charge >= 0.3 is 5.78 Å². The Balaban J connectivity index is 1.53. The minimum atomic E-state index is -0.582. The highest BCUT2D eigenvalue weighted by Gasteiger charge is 2.20. The second-order valence-corrected chi connectivity index (χ2v) is 5.91. The molecule has 1 fully saturated rings. The summed E-state index contributed by atoms with van der Waals surface area (Å²) in [6.07, 6.45) is 0. The minimum absolute atomic E-state index is 0.0154. The van der Waals surface area contributed by atoms with Gasteiger partial charge in [0, 0.05) is 19.2 Å². The van der Waals surface area contributed by atoms with Crippen molar-refractivity contribution in [2.75, 3.05) is 32.8 Å². The minimum Gasteiger partial charge on any atom is -0.425 e. The van der Waals surface area contributed by atoms with Crippen LogP contribution in [0.2, 0.25) is 0 Å². The highest BCUT2D eigenvalue weighted by molar-refractivity contribution is 5.98. The molecule has 0 saturated carbocycles. The highest BCUT2D eigenvalue weighted by Crippen LogP contribution is 2.21. The summed E-state index contributed by atoms with van der Waals surface area (Å²) in [5.74, 6) is -0.872. The van der Waals surface area contributed by atoms with Crippen molar-refractivity contribution in [2.45, 2.75) is 0 Å². The highest BCUT2D eigenvalue weighted by atomic mass is 16.5. The first-order chi connectivity index (χ1) is 12.6. The fourth-order valence-corrected chi connectivity index (χ4v) is 2.88. The molecule has 0 bridgehead atoms. The number of benzene rings is 1. The van der Waals surface area contributed by atoms with Gasteiger partial charge in [0.2, 0.25) is 11.3 Å². The van der Waals surface area contributed by atoms with Crippen LogP contribution in [0.15, 0.2) is 44.0 Å². The smallest absolute Gasteiger partial charge is 0.302 e. The molecule has 134 valence electrons. The molecule has 1 aliphatic rings. The van der Waals surface area contributed by atoms with Crippen LogP contribution in [0, 0.1) is 0 Å². The van der Waals surface area contributed by atoms with E-state index in [1.807, 2.05) is 0 Å². The van der Waals surface area contributed by atoms with Gasteiger partial charge in [-0.2, -0.15) is 0 Å². The second kappa shape index (κ2) is 6.64. The van der Waals surface area contributed by atoms with Crippen LogP contribution in [0.1, 0.15) is 10.6 Å². The lowest BCUT2D eigenvalue weighted by atomic mass is 10.2. The summed E-state index contributed by atoms with van der Waals surface area (Å²) >= 11 is 0. The van der Waals surface area contributed by atoms with Crippen molar-refractivity contribution in [3.8, 4) is 0 Å². The zero-order chi connectivity index (χ0) is 18.1. The summed E-state index contributed by atoms with van der Waals surface area (Å²) in [6, 6.07) is 8.11. The van der Waals surface area contributed by atoms with Crippen molar-refractivity contribution in [3.05, 3.63) is 46.3 Å². The molecule has 1 aromatic carbocycles. The van der Waals surface area contributed by atoms with E-state index in [0.29, 0.717) is 37.3 Å². The van der Waals surface area contributed by atoms with Crippen LogP contribution >= 0.6 is 0 Å². The van der Waals surface area contributed by atoms with Gasteiger partial charge in [-0.25, -0.2) is 0 Å². The molecule has 0 unspecified atom stereocenters. The predicted octanol–water partition coefficient (Wildman–Crippen LogP) is 1.13. The Bertz CT molecular complexity index is 1040. The fourth-order valence-electron chi connectivity index (χ4n) is 2.88. The maximum atomic E-state index is 12.5. The lowest BCUT2D eigenvalue weighted by Gasteiger charge is -2.26. The molecule has 1 N–H and O–H groups in total. The van der Waals surface area contributed by atoms with Crippen LogP contribution in [0.5, 0.6) is 0 Å². The van der Waals surface area contributed by atoms with Gasteiger partial charge in [0.05, 0.1) is 25.1 Å². The number of morpholine rings is 1. The van der Waals surface area contributed by atoms with Gasteiger partial charge < -0.3 is 23.8 Å². The zero-order valence-corrected chi connectivity index (χ0v) is 13.8. The molecular formula is C18H16N2O6. The molecule has 8 nitrogen and oxygen atoms in total. The number of carbonyl (C=O) groups is 2. The SMILES string of the molecule is O=C(NCC(=O)N1CCOCC1)c1cc2c(=O)c3ccccc3oc2o1. The molecule has 3 aromatic rings. The van der Waals surface area contributed by atoms with E-state index >= 15 is 0 Å². The average molecular weight is 356 g/mol. The van der Waals surface area contributed by atoms with E-state index in [9.17, 15) is 14.4 Å². The van der Waals surface area contributed by atoms with Gasteiger partial charge in [0.25, 0.3) is 5.91 Å². The van der Waals surface area contributed by atoms with Gasteiger partial charge in [-0.1, -0.05) is 12.1 Å². The van der Waals surface area contributed by atoms with Crippen LogP contribution in [0.25, 0.3) is 22.1 Å². The number of para-hydroxylation sites is 1. The first-order valence-corrected chi connectivity index (χ1v) is 8.22. The van der Waals surface area contributed by atoms with Crippen molar-refractivity contribution in [2.24, 2.45) is 0 Å². The van der Waals surface area contributed by atoms with Crippen LogP contribution < -0.4 is 10.7 Å². The van der Waals surface area contributed by atoms with Crippen molar-refractivity contribution < 1.29 is 23.2 Å². The molecule has 3 heterocycles. The van der Waals surface area contributed by atoms with Crippen LogP contribution in [0.3, 0.4) is 0 Å². The summed E-state index contributed by atoms with van der Waals surface area (Å²) < 4.78 is 16.1. The van der Waals surface area contributed by atoms with E-state index in [0.717, 1.165) is 0 Å². The monoisotopic (exact) mass is 356 g/mol. The Hall–Kier alpha value is -3.13. The van der Waals surface area contributed by atoms with Crippen molar-refractivity contribution in [1.82, 2.24) is 10.2 Å². The third-order valence-electron chi connectivity index (χ3n) is 4.26. The predicted molar refractivity (Wildman–Crippen MR) is 92.0 cm³/mol. The summed E-state index contributed by atoms with van der Waals surface area (Å²) in [4.78, 5) is 38.4. The number of furan rings is 1. The number of amides is 2. The van der Waals surface area contributed by atoms with Crippen molar-refractivity contribution in [1.29, 1.82) is 0 Å². The summed E-state index contributed by atoms with van der Waals surface area (Å²) in [6.45, 7) is 1.84. The maximum Gasteiger partial charge on any atom is 0.302 e. The topological polar surface area (TPSA) is 102 Å². The van der Waals surface area contributed by atoms with Crippen LogP contribution in [-0.2, 0) is 9.53 Å². The Kier molecular flexibility index (Phi) is 4.18. The van der Waals surface area contributed by atoms with Crippen LogP contribution in [0.4, 0.5) is 0 Å². The summed E-state index contributed by atoms with van der Waals surface area (Å²) in [5.41, 5.74) is 0.114. The van der Waals surface area contributed by atoms with Gasteiger partial charge in [0.15, 0.2) is 5.76 Å².